The predicted molar refractivity (Wildman–Crippen MR) is 102 cm³/mol. The normalized spacial score (nSPS) is 16.1. The lowest BCUT2D eigenvalue weighted by Gasteiger charge is -2.37. The number of aromatic nitrogens is 2. The molecule has 1 aromatic carbocycles. The van der Waals surface area contributed by atoms with Crippen molar-refractivity contribution in [2.75, 3.05) is 5.32 Å². The number of H-pyrrole nitrogens is 1. The minimum atomic E-state index is -0.424. The van der Waals surface area contributed by atoms with Gasteiger partial charge in [-0.05, 0) is 43.3 Å². The number of hydrogen-bond acceptors (Lipinski definition) is 5. The molecule has 7 heteroatoms. The molecule has 1 aliphatic heterocycles. The van der Waals surface area contributed by atoms with Gasteiger partial charge in [-0.1, -0.05) is 12.1 Å². The third-order valence-electron chi connectivity index (χ3n) is 4.88. The number of aromatic amines is 1. The van der Waals surface area contributed by atoms with Gasteiger partial charge in [-0.2, -0.15) is 5.10 Å². The molecule has 4 aromatic rings. The quantitative estimate of drug-likeness (QED) is 0.555. The van der Waals surface area contributed by atoms with Crippen LogP contribution < -0.4 is 5.32 Å². The first-order valence-corrected chi connectivity index (χ1v) is 8.99. The molecule has 28 heavy (non-hydrogen) atoms. The highest BCUT2D eigenvalue weighted by Gasteiger charge is 2.35. The number of rotatable bonds is 4. The van der Waals surface area contributed by atoms with Gasteiger partial charge in [-0.15, -0.1) is 0 Å². The van der Waals surface area contributed by atoms with Gasteiger partial charge in [0.1, 0.15) is 23.4 Å². The molecule has 0 aliphatic carbocycles. The van der Waals surface area contributed by atoms with Gasteiger partial charge in [0, 0.05) is 11.3 Å². The fourth-order valence-corrected chi connectivity index (χ4v) is 3.54. The van der Waals surface area contributed by atoms with Crippen LogP contribution in [0.25, 0.3) is 11.5 Å². The van der Waals surface area contributed by atoms with Crippen LogP contribution in [-0.4, -0.2) is 21.0 Å². The number of carbonyl (C=O) groups is 1. The lowest BCUT2D eigenvalue weighted by molar-refractivity contribution is 0.0652. The summed E-state index contributed by atoms with van der Waals surface area (Å²) in [6.07, 6.45) is 2.91. The van der Waals surface area contributed by atoms with E-state index in [4.69, 9.17) is 8.83 Å². The number of para-hydroxylation sites is 1. The molecule has 2 N–H and O–H groups in total. The molecule has 1 atom stereocenters. The fraction of sp³-hybridized carbons (Fsp3) is 0.143. The number of amides is 1. The summed E-state index contributed by atoms with van der Waals surface area (Å²) < 4.78 is 11.3. The van der Waals surface area contributed by atoms with Gasteiger partial charge < -0.3 is 19.1 Å². The second kappa shape index (κ2) is 6.45. The van der Waals surface area contributed by atoms with Crippen LogP contribution in [0.2, 0.25) is 0 Å². The minimum Gasteiger partial charge on any atom is -0.467 e. The van der Waals surface area contributed by atoms with Crippen LogP contribution in [0.15, 0.2) is 69.8 Å². The van der Waals surface area contributed by atoms with Crippen molar-refractivity contribution in [3.05, 3.63) is 83.6 Å². The van der Waals surface area contributed by atoms with Gasteiger partial charge in [0.25, 0.3) is 5.91 Å². The molecule has 140 valence electrons. The zero-order chi connectivity index (χ0) is 19.1. The van der Waals surface area contributed by atoms with Crippen LogP contribution in [0.5, 0.6) is 0 Å². The monoisotopic (exact) mass is 374 g/mol. The zero-order valence-corrected chi connectivity index (χ0v) is 15.2. The Morgan fingerprint density at radius 3 is 2.82 bits per heavy atom. The molecule has 0 bridgehead atoms. The Morgan fingerprint density at radius 1 is 1.14 bits per heavy atom. The molecule has 7 nitrogen and oxygen atoms in total. The highest BCUT2D eigenvalue weighted by Crippen LogP contribution is 2.37. The highest BCUT2D eigenvalue weighted by molar-refractivity contribution is 6.01. The number of aryl methyl sites for hydroxylation is 1. The first-order valence-electron chi connectivity index (χ1n) is 8.99. The number of carbonyl (C=O) groups excluding carboxylic acids is 1. The van der Waals surface area contributed by atoms with Crippen LogP contribution >= 0.6 is 0 Å². The fourth-order valence-electron chi connectivity index (χ4n) is 3.54. The first-order chi connectivity index (χ1) is 13.7. The highest BCUT2D eigenvalue weighted by atomic mass is 16.3. The summed E-state index contributed by atoms with van der Waals surface area (Å²) in [5.74, 6) is 2.12. The van der Waals surface area contributed by atoms with Crippen LogP contribution in [0.3, 0.4) is 0 Å². The molecule has 4 heterocycles. The number of nitrogens with one attached hydrogen (secondary N) is 2. The standard InChI is InChI=1S/C21H18N4O3/c1-13-8-9-18(28-13)19-16(11-22-24-19)20-23-17-7-3-2-6-15(17)21(26)25(20)12-14-5-4-10-27-14/h2-11,20,23H,12H2,1H3,(H,22,24)/t20-/m1/s1. The van der Waals surface area contributed by atoms with Gasteiger partial charge >= 0.3 is 0 Å². The molecule has 3 aromatic heterocycles. The zero-order valence-electron chi connectivity index (χ0n) is 15.2. The number of nitrogens with zero attached hydrogens (tertiary/aromatic N) is 2. The third-order valence-corrected chi connectivity index (χ3v) is 4.88. The van der Waals surface area contributed by atoms with E-state index in [2.05, 4.69) is 15.5 Å². The Hall–Kier alpha value is -3.74. The van der Waals surface area contributed by atoms with E-state index >= 15 is 0 Å². The Labute approximate surface area is 161 Å². The molecule has 0 saturated heterocycles. The van der Waals surface area contributed by atoms with E-state index in [1.54, 1.807) is 17.4 Å². The van der Waals surface area contributed by atoms with Gasteiger partial charge in [0.05, 0.1) is 24.6 Å². The Balaban J connectivity index is 1.60. The molecule has 0 spiro atoms. The van der Waals surface area contributed by atoms with E-state index in [1.807, 2.05) is 55.5 Å². The van der Waals surface area contributed by atoms with Gasteiger partial charge in [0.2, 0.25) is 0 Å². The molecular formula is C21H18N4O3. The molecular weight excluding hydrogens is 356 g/mol. The molecule has 0 fully saturated rings. The van der Waals surface area contributed by atoms with Crippen LogP contribution in [-0.2, 0) is 6.54 Å². The molecule has 0 radical (unpaired) electrons. The lowest BCUT2D eigenvalue weighted by atomic mass is 10.0. The van der Waals surface area contributed by atoms with Crippen LogP contribution in [0, 0.1) is 6.92 Å². The topological polar surface area (TPSA) is 87.3 Å². The lowest BCUT2D eigenvalue weighted by Crippen LogP contribution is -2.42. The van der Waals surface area contributed by atoms with E-state index in [0.717, 1.165) is 22.7 Å². The first kappa shape index (κ1) is 16.4. The number of hydrogen-bond donors (Lipinski definition) is 2. The molecule has 5 rings (SSSR count). The van der Waals surface area contributed by atoms with Crippen molar-refractivity contribution >= 4 is 11.6 Å². The van der Waals surface area contributed by atoms with E-state index in [9.17, 15) is 4.79 Å². The van der Waals surface area contributed by atoms with Gasteiger partial charge in [-0.25, -0.2) is 0 Å². The average molecular weight is 374 g/mol. The van der Waals surface area contributed by atoms with E-state index in [-0.39, 0.29) is 5.91 Å². The smallest absolute Gasteiger partial charge is 0.258 e. The molecule has 0 saturated carbocycles. The minimum absolute atomic E-state index is 0.0708. The van der Waals surface area contributed by atoms with Gasteiger partial charge in [0.15, 0.2) is 5.76 Å². The van der Waals surface area contributed by atoms with E-state index < -0.39 is 6.17 Å². The number of furan rings is 2. The largest absolute Gasteiger partial charge is 0.467 e. The van der Waals surface area contributed by atoms with Crippen LogP contribution in [0.4, 0.5) is 5.69 Å². The van der Waals surface area contributed by atoms with E-state index in [0.29, 0.717) is 23.6 Å². The molecule has 1 aliphatic rings. The maximum absolute atomic E-state index is 13.3. The second-order valence-corrected chi connectivity index (χ2v) is 6.72. The second-order valence-electron chi connectivity index (χ2n) is 6.72. The van der Waals surface area contributed by atoms with Crippen molar-refractivity contribution < 1.29 is 13.6 Å². The van der Waals surface area contributed by atoms with Crippen molar-refractivity contribution in [2.24, 2.45) is 0 Å². The summed E-state index contributed by atoms with van der Waals surface area (Å²) in [5, 5.41) is 10.7. The Kier molecular flexibility index (Phi) is 3.79. The SMILES string of the molecule is Cc1ccc(-c2[nH]ncc2[C@@H]2Nc3ccccc3C(=O)N2Cc2ccco2)o1. The number of fused-ring (bicyclic) bond motifs is 1. The summed E-state index contributed by atoms with van der Waals surface area (Å²) in [5.41, 5.74) is 2.98. The van der Waals surface area contributed by atoms with Crippen molar-refractivity contribution in [3.8, 4) is 11.5 Å². The van der Waals surface area contributed by atoms with E-state index in [1.165, 1.54) is 0 Å². The predicted octanol–water partition coefficient (Wildman–Crippen LogP) is 4.34. The number of benzene rings is 1. The summed E-state index contributed by atoms with van der Waals surface area (Å²) in [6, 6.07) is 15.0. The van der Waals surface area contributed by atoms with Gasteiger partial charge in [-0.3, -0.25) is 9.89 Å². The maximum atomic E-state index is 13.3. The maximum Gasteiger partial charge on any atom is 0.258 e. The summed E-state index contributed by atoms with van der Waals surface area (Å²) >= 11 is 0. The Morgan fingerprint density at radius 2 is 2.04 bits per heavy atom. The van der Waals surface area contributed by atoms with Crippen molar-refractivity contribution in [3.63, 3.8) is 0 Å². The van der Waals surface area contributed by atoms with Crippen LogP contribution in [0.1, 0.15) is 33.6 Å². The van der Waals surface area contributed by atoms with Crippen molar-refractivity contribution in [1.29, 1.82) is 0 Å². The van der Waals surface area contributed by atoms with Crippen molar-refractivity contribution in [2.45, 2.75) is 19.6 Å². The summed E-state index contributed by atoms with van der Waals surface area (Å²) in [6.45, 7) is 2.22. The Bertz CT molecular complexity index is 1130. The summed E-state index contributed by atoms with van der Waals surface area (Å²) in [7, 11) is 0. The molecule has 1 amide bonds. The number of anilines is 1. The molecule has 0 unspecified atom stereocenters. The van der Waals surface area contributed by atoms with Crippen molar-refractivity contribution in [1.82, 2.24) is 15.1 Å². The third kappa shape index (κ3) is 2.68. The average Bonchev–Trinajstić information content (AvgIpc) is 3.45. The summed E-state index contributed by atoms with van der Waals surface area (Å²) in [4.78, 5) is 15.0.